The van der Waals surface area contributed by atoms with Crippen molar-refractivity contribution < 1.29 is 0 Å². The molecule has 8 nitrogen and oxygen atoms in total. The number of nitrogens with zero attached hydrogens (tertiary/aromatic N) is 5. The summed E-state index contributed by atoms with van der Waals surface area (Å²) in [5.74, 6) is 0.966. The maximum absolute atomic E-state index is 7.76. The summed E-state index contributed by atoms with van der Waals surface area (Å²) in [7, 11) is 3.77. The lowest BCUT2D eigenvalue weighted by atomic mass is 9.92. The van der Waals surface area contributed by atoms with Crippen molar-refractivity contribution in [2.75, 3.05) is 12.4 Å². The minimum atomic E-state index is 0.0908. The lowest BCUT2D eigenvalue weighted by Crippen LogP contribution is -2.15. The second kappa shape index (κ2) is 7.30. The number of hydrogen-bond acceptors (Lipinski definition) is 6. The van der Waals surface area contributed by atoms with Gasteiger partial charge in [0, 0.05) is 50.3 Å². The monoisotopic (exact) mass is 376 g/mol. The van der Waals surface area contributed by atoms with Gasteiger partial charge in [-0.25, -0.2) is 4.68 Å². The molecule has 3 aromatic rings. The van der Waals surface area contributed by atoms with Crippen LogP contribution in [0.15, 0.2) is 36.7 Å². The van der Waals surface area contributed by atoms with E-state index in [9.17, 15) is 0 Å². The van der Waals surface area contributed by atoms with Crippen molar-refractivity contribution in [2.24, 2.45) is 7.05 Å². The van der Waals surface area contributed by atoms with E-state index in [0.29, 0.717) is 0 Å². The molecule has 28 heavy (non-hydrogen) atoms. The first-order valence-electron chi connectivity index (χ1n) is 9.29. The summed E-state index contributed by atoms with van der Waals surface area (Å²) in [6.07, 6.45) is 5.87. The highest BCUT2D eigenvalue weighted by Gasteiger charge is 2.26. The van der Waals surface area contributed by atoms with Crippen molar-refractivity contribution in [3.8, 4) is 11.3 Å². The van der Waals surface area contributed by atoms with Gasteiger partial charge in [-0.3, -0.25) is 4.68 Å². The predicted molar refractivity (Wildman–Crippen MR) is 110 cm³/mol. The number of hydrogen-bond donors (Lipinski definition) is 3. The molecule has 0 saturated heterocycles. The highest BCUT2D eigenvalue weighted by atomic mass is 15.4. The SMILES string of the molecule is CN/C=C(\C=N)c1ccc2c(c1)C(Nc1ccnn1C)CCn1nnc(C)c1-2. The molecule has 0 spiro atoms. The Hall–Kier alpha value is -3.42. The van der Waals surface area contributed by atoms with Crippen molar-refractivity contribution in [2.45, 2.75) is 25.9 Å². The van der Waals surface area contributed by atoms with E-state index in [1.54, 1.807) is 6.20 Å². The van der Waals surface area contributed by atoms with Gasteiger partial charge in [0.25, 0.3) is 0 Å². The molecular formula is C20H24N8. The van der Waals surface area contributed by atoms with Crippen molar-refractivity contribution >= 4 is 17.6 Å². The van der Waals surface area contributed by atoms with Crippen molar-refractivity contribution in [1.82, 2.24) is 30.1 Å². The number of nitrogens with one attached hydrogen (secondary N) is 3. The Morgan fingerprint density at radius 2 is 2.18 bits per heavy atom. The highest BCUT2D eigenvalue weighted by molar-refractivity contribution is 6.08. The van der Waals surface area contributed by atoms with Crippen LogP contribution in [0.25, 0.3) is 16.8 Å². The molecule has 1 atom stereocenters. The van der Waals surface area contributed by atoms with Gasteiger partial charge in [0.1, 0.15) is 5.82 Å². The summed E-state index contributed by atoms with van der Waals surface area (Å²) >= 11 is 0. The lowest BCUT2D eigenvalue weighted by Gasteiger charge is -2.21. The summed E-state index contributed by atoms with van der Waals surface area (Å²) < 4.78 is 3.82. The van der Waals surface area contributed by atoms with Crippen LogP contribution >= 0.6 is 0 Å². The lowest BCUT2D eigenvalue weighted by molar-refractivity contribution is 0.537. The highest BCUT2D eigenvalue weighted by Crippen LogP contribution is 2.38. The van der Waals surface area contributed by atoms with Crippen LogP contribution in [-0.4, -0.2) is 38.0 Å². The summed E-state index contributed by atoms with van der Waals surface area (Å²) in [6, 6.07) is 8.40. The van der Waals surface area contributed by atoms with E-state index in [1.165, 1.54) is 11.8 Å². The third-order valence-electron chi connectivity index (χ3n) is 5.15. The Morgan fingerprint density at radius 3 is 2.89 bits per heavy atom. The molecule has 3 N–H and O–H groups in total. The molecule has 0 aliphatic carbocycles. The number of rotatable bonds is 5. The molecule has 0 amide bonds. The number of allylic oxidation sites excluding steroid dienone is 1. The quantitative estimate of drug-likeness (QED) is 0.595. The van der Waals surface area contributed by atoms with Gasteiger partial charge >= 0.3 is 0 Å². The fourth-order valence-electron chi connectivity index (χ4n) is 3.75. The van der Waals surface area contributed by atoms with Crippen LogP contribution in [0.5, 0.6) is 0 Å². The minimum Gasteiger partial charge on any atom is -0.393 e. The van der Waals surface area contributed by atoms with Gasteiger partial charge in [0.2, 0.25) is 0 Å². The van der Waals surface area contributed by atoms with Crippen LogP contribution in [0.3, 0.4) is 0 Å². The first kappa shape index (κ1) is 18.0. The van der Waals surface area contributed by atoms with Gasteiger partial charge in [-0.2, -0.15) is 5.10 Å². The largest absolute Gasteiger partial charge is 0.393 e. The number of aromatic nitrogens is 5. The van der Waals surface area contributed by atoms with Gasteiger partial charge in [0.05, 0.1) is 23.6 Å². The second-order valence-electron chi connectivity index (χ2n) is 6.91. The number of benzene rings is 1. The van der Waals surface area contributed by atoms with E-state index in [4.69, 9.17) is 5.41 Å². The zero-order chi connectivity index (χ0) is 19.7. The molecule has 1 unspecified atom stereocenters. The van der Waals surface area contributed by atoms with Gasteiger partial charge in [-0.1, -0.05) is 17.3 Å². The average molecular weight is 376 g/mol. The summed E-state index contributed by atoms with van der Waals surface area (Å²) in [6.45, 7) is 2.77. The van der Waals surface area contributed by atoms with Gasteiger partial charge in [0.15, 0.2) is 0 Å². The van der Waals surface area contributed by atoms with Crippen LogP contribution in [0.1, 0.15) is 29.3 Å². The Labute approximate surface area is 163 Å². The molecule has 8 heteroatoms. The molecular weight excluding hydrogens is 352 g/mol. The molecule has 1 aliphatic rings. The zero-order valence-electron chi connectivity index (χ0n) is 16.3. The van der Waals surface area contributed by atoms with E-state index in [2.05, 4.69) is 44.2 Å². The normalized spacial score (nSPS) is 16.1. The Bertz CT molecular complexity index is 1040. The molecule has 0 fully saturated rings. The Kier molecular flexibility index (Phi) is 4.68. The fraction of sp³-hybridized carbons (Fsp3) is 0.300. The first-order chi connectivity index (χ1) is 13.6. The average Bonchev–Trinajstić information content (AvgIpc) is 3.23. The van der Waals surface area contributed by atoms with E-state index in [0.717, 1.165) is 46.9 Å². The molecule has 3 heterocycles. The second-order valence-corrected chi connectivity index (χ2v) is 6.91. The number of anilines is 1. The summed E-state index contributed by atoms with van der Waals surface area (Å²) in [5, 5.41) is 27.3. The van der Waals surface area contributed by atoms with Crippen molar-refractivity contribution in [3.63, 3.8) is 0 Å². The number of aryl methyl sites for hydroxylation is 3. The predicted octanol–water partition coefficient (Wildman–Crippen LogP) is 2.75. The van der Waals surface area contributed by atoms with Gasteiger partial charge in [-0.05, 0) is 30.5 Å². The molecule has 1 aliphatic heterocycles. The van der Waals surface area contributed by atoms with E-state index >= 15 is 0 Å². The van der Waals surface area contributed by atoms with Crippen LogP contribution < -0.4 is 10.6 Å². The van der Waals surface area contributed by atoms with E-state index in [1.807, 2.05) is 42.6 Å². The van der Waals surface area contributed by atoms with Crippen molar-refractivity contribution in [3.05, 3.63) is 53.5 Å². The zero-order valence-corrected chi connectivity index (χ0v) is 16.3. The number of fused-ring (bicyclic) bond motifs is 3. The maximum atomic E-state index is 7.76. The van der Waals surface area contributed by atoms with Crippen molar-refractivity contribution in [1.29, 1.82) is 5.41 Å². The summed E-state index contributed by atoms with van der Waals surface area (Å²) in [4.78, 5) is 0. The molecule has 0 bridgehead atoms. The Balaban J connectivity index is 1.85. The van der Waals surface area contributed by atoms with Crippen LogP contribution in [0.2, 0.25) is 0 Å². The smallest absolute Gasteiger partial charge is 0.124 e. The standard InChI is InChI=1S/C20H24N8/c1-13-20-16-5-4-14(15(11-21)12-22-2)10-17(16)18(7-9-28(20)26-25-13)24-19-6-8-23-27(19)3/h4-6,8,10-12,18,21-22,24H,7,9H2,1-3H3/b15-12+,21-11?. The molecule has 0 saturated carbocycles. The van der Waals surface area contributed by atoms with E-state index < -0.39 is 0 Å². The third-order valence-corrected chi connectivity index (χ3v) is 5.15. The molecule has 1 aromatic carbocycles. The van der Waals surface area contributed by atoms with Crippen LogP contribution in [0.4, 0.5) is 5.82 Å². The van der Waals surface area contributed by atoms with Crippen LogP contribution in [-0.2, 0) is 13.6 Å². The van der Waals surface area contributed by atoms with Gasteiger partial charge in [-0.15, -0.1) is 5.10 Å². The van der Waals surface area contributed by atoms with Crippen LogP contribution in [0, 0.1) is 12.3 Å². The van der Waals surface area contributed by atoms with E-state index in [-0.39, 0.29) is 6.04 Å². The topological polar surface area (TPSA) is 96.4 Å². The third kappa shape index (κ3) is 3.06. The minimum absolute atomic E-state index is 0.0908. The molecule has 144 valence electrons. The fourth-order valence-corrected chi connectivity index (χ4v) is 3.75. The van der Waals surface area contributed by atoms with Gasteiger partial charge < -0.3 is 16.0 Å². The molecule has 4 rings (SSSR count). The first-order valence-corrected chi connectivity index (χ1v) is 9.29. The maximum Gasteiger partial charge on any atom is 0.124 e. The molecule has 0 radical (unpaired) electrons. The Morgan fingerprint density at radius 1 is 1.32 bits per heavy atom. The summed E-state index contributed by atoms with van der Waals surface area (Å²) in [5.41, 5.74) is 6.11. The molecule has 2 aromatic heterocycles.